The maximum absolute atomic E-state index is 14.7. The molecule has 0 bridgehead atoms. The van der Waals surface area contributed by atoms with Crippen LogP contribution in [0.4, 0.5) is 23.4 Å². The van der Waals surface area contributed by atoms with Gasteiger partial charge in [-0.3, -0.25) is 10.00 Å². The van der Waals surface area contributed by atoms with E-state index in [1.54, 1.807) is 17.0 Å². The molecule has 30 heavy (non-hydrogen) atoms. The number of likely N-dealkylation sites (tertiary alicyclic amines) is 1. The molecule has 0 aliphatic carbocycles. The number of fused-ring (bicyclic) bond motifs is 1. The highest BCUT2D eigenvalue weighted by atomic mass is 35.5. The van der Waals surface area contributed by atoms with Crippen LogP contribution < -0.4 is 5.32 Å². The molecule has 1 atom stereocenters. The zero-order valence-electron chi connectivity index (χ0n) is 15.9. The summed E-state index contributed by atoms with van der Waals surface area (Å²) < 4.78 is 54.7. The molecule has 2 N–H and O–H groups in total. The highest BCUT2D eigenvalue weighted by molar-refractivity contribution is 5.86. The Hall–Kier alpha value is -2.46. The number of halogens is 5. The summed E-state index contributed by atoms with van der Waals surface area (Å²) in [6.45, 7) is 0.567. The molecule has 6 nitrogen and oxygen atoms in total. The van der Waals surface area contributed by atoms with Crippen LogP contribution in [-0.4, -0.2) is 56.7 Å². The van der Waals surface area contributed by atoms with E-state index in [9.17, 15) is 17.6 Å². The minimum Gasteiger partial charge on any atom is -0.360 e. The number of piperidine rings is 1. The molecule has 4 rings (SSSR count). The smallest absolute Gasteiger partial charge is 0.280 e. The molecule has 3 heterocycles. The Bertz CT molecular complexity index is 965. The van der Waals surface area contributed by atoms with Crippen LogP contribution in [0.5, 0.6) is 0 Å². The Morgan fingerprint density at radius 3 is 2.67 bits per heavy atom. The van der Waals surface area contributed by atoms with Crippen LogP contribution in [0.3, 0.4) is 0 Å². The van der Waals surface area contributed by atoms with Crippen molar-refractivity contribution in [2.24, 2.45) is 0 Å². The van der Waals surface area contributed by atoms with Crippen LogP contribution >= 0.6 is 12.4 Å². The largest absolute Gasteiger partial charge is 0.360 e. The first kappa shape index (κ1) is 22.2. The van der Waals surface area contributed by atoms with E-state index in [0.29, 0.717) is 36.4 Å². The first-order chi connectivity index (χ1) is 13.9. The number of nitrogens with one attached hydrogen (secondary N) is 2. The Morgan fingerprint density at radius 1 is 1.20 bits per heavy atom. The molecule has 3 aromatic rings. The van der Waals surface area contributed by atoms with Gasteiger partial charge >= 0.3 is 0 Å². The molecule has 1 unspecified atom stereocenters. The predicted octanol–water partition coefficient (Wildman–Crippen LogP) is 4.08. The summed E-state index contributed by atoms with van der Waals surface area (Å²) in [6.07, 6.45) is 1.08. The average Bonchev–Trinajstić information content (AvgIpc) is 3.18. The highest BCUT2D eigenvalue weighted by Gasteiger charge is 2.44. The van der Waals surface area contributed by atoms with Crippen LogP contribution in [0.25, 0.3) is 11.0 Å². The summed E-state index contributed by atoms with van der Waals surface area (Å²) in [5.41, 5.74) is 1.30. The first-order valence-corrected chi connectivity index (χ1v) is 9.30. The standard InChI is InChI=1S/C19H20F4N6.ClH/c20-16(21)13-3-1-12(2-4-13)5-7-29-8-6-15(19(22,23)10-29)27-17-14-9-26-28-18(14)25-11-24-17;/h1-4,9,11,15-16H,5-8,10H2,(H2,24,25,26,27,28);1H. The van der Waals surface area contributed by atoms with E-state index in [0.717, 1.165) is 5.56 Å². The fraction of sp³-hybridized carbons (Fsp3) is 0.421. The zero-order valence-corrected chi connectivity index (χ0v) is 16.7. The number of alkyl halides is 4. The third-order valence-electron chi connectivity index (χ3n) is 5.19. The Kier molecular flexibility index (Phi) is 6.77. The monoisotopic (exact) mass is 444 g/mol. The van der Waals surface area contributed by atoms with Crippen molar-refractivity contribution in [1.82, 2.24) is 25.1 Å². The van der Waals surface area contributed by atoms with Crippen molar-refractivity contribution >= 4 is 29.3 Å². The number of benzene rings is 1. The van der Waals surface area contributed by atoms with E-state index in [-0.39, 0.29) is 30.9 Å². The minimum atomic E-state index is -2.95. The van der Waals surface area contributed by atoms with Crippen molar-refractivity contribution < 1.29 is 17.6 Å². The van der Waals surface area contributed by atoms with Gasteiger partial charge in [0, 0.05) is 18.7 Å². The molecule has 162 valence electrons. The van der Waals surface area contributed by atoms with Gasteiger partial charge in [0.05, 0.1) is 24.2 Å². The quantitative estimate of drug-likeness (QED) is 0.561. The lowest BCUT2D eigenvalue weighted by Gasteiger charge is -2.38. The van der Waals surface area contributed by atoms with E-state index >= 15 is 0 Å². The number of nitrogens with zero attached hydrogens (tertiary/aromatic N) is 4. The lowest BCUT2D eigenvalue weighted by molar-refractivity contribution is -0.0734. The Balaban J connectivity index is 0.00000256. The number of rotatable bonds is 6. The van der Waals surface area contributed by atoms with Crippen molar-refractivity contribution in [3.05, 3.63) is 47.9 Å². The fourth-order valence-corrected chi connectivity index (χ4v) is 3.54. The lowest BCUT2D eigenvalue weighted by atomic mass is 9.99. The fourth-order valence-electron chi connectivity index (χ4n) is 3.54. The lowest BCUT2D eigenvalue weighted by Crippen LogP contribution is -2.54. The topological polar surface area (TPSA) is 69.7 Å². The number of aromatic amines is 1. The molecule has 1 saturated heterocycles. The van der Waals surface area contributed by atoms with Crippen LogP contribution in [0.15, 0.2) is 36.8 Å². The van der Waals surface area contributed by atoms with Crippen LogP contribution in [0, 0.1) is 0 Å². The molecule has 11 heteroatoms. The van der Waals surface area contributed by atoms with E-state index < -0.39 is 18.4 Å². The summed E-state index contributed by atoms with van der Waals surface area (Å²) >= 11 is 0. The molecular formula is C19H21ClF4N6. The second-order valence-corrected chi connectivity index (χ2v) is 7.17. The number of aromatic nitrogens is 4. The van der Waals surface area contributed by atoms with Gasteiger partial charge in [0.2, 0.25) is 0 Å². The number of hydrogen-bond acceptors (Lipinski definition) is 5. The van der Waals surface area contributed by atoms with Gasteiger partial charge in [0.1, 0.15) is 12.1 Å². The second kappa shape index (κ2) is 9.13. The van der Waals surface area contributed by atoms with Gasteiger partial charge in [-0.05, 0) is 18.4 Å². The van der Waals surface area contributed by atoms with Gasteiger partial charge in [0.25, 0.3) is 12.3 Å². The summed E-state index contributed by atoms with van der Waals surface area (Å²) in [7, 11) is 0. The van der Waals surface area contributed by atoms with Gasteiger partial charge in [-0.1, -0.05) is 24.3 Å². The molecule has 0 radical (unpaired) electrons. The summed E-state index contributed by atoms with van der Waals surface area (Å²) in [5.74, 6) is -2.61. The summed E-state index contributed by atoms with van der Waals surface area (Å²) in [6, 6.07) is 4.96. The van der Waals surface area contributed by atoms with Gasteiger partial charge in [0.15, 0.2) is 5.65 Å². The number of H-pyrrole nitrogens is 1. The van der Waals surface area contributed by atoms with Crippen molar-refractivity contribution in [3.63, 3.8) is 0 Å². The molecule has 0 saturated carbocycles. The maximum Gasteiger partial charge on any atom is 0.280 e. The van der Waals surface area contributed by atoms with Crippen molar-refractivity contribution in [2.75, 3.05) is 25.0 Å². The summed E-state index contributed by atoms with van der Waals surface area (Å²) in [5, 5.41) is 9.98. The zero-order chi connectivity index (χ0) is 20.4. The molecule has 1 aromatic carbocycles. The normalized spacial score (nSPS) is 19.0. The Labute approximate surface area is 176 Å². The molecule has 1 aliphatic heterocycles. The predicted molar refractivity (Wildman–Crippen MR) is 107 cm³/mol. The van der Waals surface area contributed by atoms with E-state index in [4.69, 9.17) is 0 Å². The maximum atomic E-state index is 14.7. The van der Waals surface area contributed by atoms with Crippen molar-refractivity contribution in [1.29, 1.82) is 0 Å². The number of anilines is 1. The van der Waals surface area contributed by atoms with Gasteiger partial charge in [-0.25, -0.2) is 27.5 Å². The number of hydrogen-bond donors (Lipinski definition) is 2. The third kappa shape index (κ3) is 4.81. The van der Waals surface area contributed by atoms with E-state index in [1.807, 2.05) is 0 Å². The SMILES string of the molecule is Cl.FC(F)c1ccc(CCN2CCC(Nc3ncnc4[nH]ncc34)C(F)(F)C2)cc1. The van der Waals surface area contributed by atoms with Crippen LogP contribution in [0.2, 0.25) is 0 Å². The van der Waals surface area contributed by atoms with E-state index in [1.165, 1.54) is 24.7 Å². The minimum absolute atomic E-state index is 0. The average molecular weight is 445 g/mol. The van der Waals surface area contributed by atoms with Crippen LogP contribution in [0.1, 0.15) is 24.0 Å². The van der Waals surface area contributed by atoms with Gasteiger partial charge in [-0.15, -0.1) is 12.4 Å². The van der Waals surface area contributed by atoms with E-state index in [2.05, 4.69) is 25.5 Å². The molecule has 2 aromatic heterocycles. The van der Waals surface area contributed by atoms with Crippen LogP contribution in [-0.2, 0) is 6.42 Å². The highest BCUT2D eigenvalue weighted by Crippen LogP contribution is 2.31. The van der Waals surface area contributed by atoms with Crippen molar-refractivity contribution in [2.45, 2.75) is 31.2 Å². The molecule has 0 spiro atoms. The third-order valence-corrected chi connectivity index (χ3v) is 5.19. The molecule has 1 fully saturated rings. The second-order valence-electron chi connectivity index (χ2n) is 7.17. The molecule has 1 aliphatic rings. The first-order valence-electron chi connectivity index (χ1n) is 9.30. The van der Waals surface area contributed by atoms with Crippen molar-refractivity contribution in [3.8, 4) is 0 Å². The molecule has 0 amide bonds. The molecular weight excluding hydrogens is 424 g/mol. The van der Waals surface area contributed by atoms with Gasteiger partial charge < -0.3 is 5.32 Å². The Morgan fingerprint density at radius 2 is 1.97 bits per heavy atom. The summed E-state index contributed by atoms with van der Waals surface area (Å²) in [4.78, 5) is 9.78. The van der Waals surface area contributed by atoms with Gasteiger partial charge in [-0.2, -0.15) is 5.10 Å².